The zero-order valence-electron chi connectivity index (χ0n) is 19.6. The number of carbonyl (C=O) groups is 2. The lowest BCUT2D eigenvalue weighted by molar-refractivity contribution is -0.117. The first-order valence-corrected chi connectivity index (χ1v) is 12.4. The molecule has 0 aliphatic heterocycles. The maximum absolute atomic E-state index is 13.2. The predicted molar refractivity (Wildman–Crippen MR) is 146 cm³/mol. The van der Waals surface area contributed by atoms with Gasteiger partial charge in [-0.15, -0.1) is 0 Å². The van der Waals surface area contributed by atoms with E-state index in [1.54, 1.807) is 35.9 Å². The second-order valence-electron chi connectivity index (χ2n) is 8.46. The molecular weight excluding hydrogens is 468 g/mol. The van der Waals surface area contributed by atoms with Gasteiger partial charge in [0.05, 0.1) is 11.6 Å². The van der Waals surface area contributed by atoms with Crippen molar-refractivity contribution in [3.8, 4) is 11.1 Å². The summed E-state index contributed by atoms with van der Waals surface area (Å²) in [4.78, 5) is 33.0. The quantitative estimate of drug-likeness (QED) is 0.241. The number of nitrogens with zero attached hydrogens (tertiary/aromatic N) is 1. The number of rotatable bonds is 7. The van der Waals surface area contributed by atoms with Crippen molar-refractivity contribution in [2.45, 2.75) is 12.8 Å². The summed E-state index contributed by atoms with van der Waals surface area (Å²) in [6.45, 7) is 1.88. The standard InChI is InChI=1S/C29H24N4O2S/c1-18(19-7-9-20(10-8-19)22-12-14-36-17-22)29(35)33-25-11-13-31-28-26(25)23(16-32-28)15-24(27(30)34)21-5-3-2-4-6-21/h2-18H,1H3,(H2,30,34)(H2,31,32,33,35). The van der Waals surface area contributed by atoms with Gasteiger partial charge in [0.25, 0.3) is 0 Å². The Bertz CT molecular complexity index is 1550. The van der Waals surface area contributed by atoms with Gasteiger partial charge in [0.1, 0.15) is 5.65 Å². The predicted octanol–water partition coefficient (Wildman–Crippen LogP) is 6.06. The van der Waals surface area contributed by atoms with Gasteiger partial charge in [-0.1, -0.05) is 54.6 Å². The van der Waals surface area contributed by atoms with E-state index >= 15 is 0 Å². The zero-order chi connectivity index (χ0) is 25.1. The smallest absolute Gasteiger partial charge is 0.249 e. The molecule has 36 heavy (non-hydrogen) atoms. The summed E-state index contributed by atoms with van der Waals surface area (Å²) in [5.74, 6) is -1.04. The van der Waals surface area contributed by atoms with Crippen LogP contribution < -0.4 is 11.1 Å². The number of aromatic nitrogens is 2. The lowest BCUT2D eigenvalue weighted by atomic mass is 9.97. The Morgan fingerprint density at radius 3 is 2.50 bits per heavy atom. The molecule has 0 saturated carbocycles. The number of hydrogen-bond donors (Lipinski definition) is 3. The molecule has 0 radical (unpaired) electrons. The van der Waals surface area contributed by atoms with Crippen LogP contribution in [0.25, 0.3) is 33.8 Å². The molecule has 0 bridgehead atoms. The molecule has 1 unspecified atom stereocenters. The number of hydrogen-bond acceptors (Lipinski definition) is 4. The number of nitrogens with one attached hydrogen (secondary N) is 2. The minimum absolute atomic E-state index is 0.139. The molecule has 0 saturated heterocycles. The number of benzene rings is 2. The average molecular weight is 493 g/mol. The number of anilines is 1. The highest BCUT2D eigenvalue weighted by Crippen LogP contribution is 2.30. The number of amides is 2. The van der Waals surface area contributed by atoms with Crippen molar-refractivity contribution >= 4 is 51.5 Å². The van der Waals surface area contributed by atoms with Crippen LogP contribution in [-0.2, 0) is 9.59 Å². The van der Waals surface area contributed by atoms with Crippen LogP contribution in [-0.4, -0.2) is 21.8 Å². The Labute approximate surface area is 212 Å². The van der Waals surface area contributed by atoms with E-state index < -0.39 is 5.91 Å². The number of aromatic amines is 1. The Hall–Kier alpha value is -4.49. The summed E-state index contributed by atoms with van der Waals surface area (Å²) in [7, 11) is 0. The summed E-state index contributed by atoms with van der Waals surface area (Å²) < 4.78 is 0. The van der Waals surface area contributed by atoms with E-state index in [0.29, 0.717) is 33.4 Å². The van der Waals surface area contributed by atoms with Crippen LogP contribution in [0.4, 0.5) is 5.69 Å². The van der Waals surface area contributed by atoms with E-state index in [0.717, 1.165) is 11.1 Å². The van der Waals surface area contributed by atoms with E-state index in [1.165, 1.54) is 5.56 Å². The molecule has 5 rings (SSSR count). The van der Waals surface area contributed by atoms with Gasteiger partial charge in [-0.2, -0.15) is 11.3 Å². The van der Waals surface area contributed by atoms with Crippen molar-refractivity contribution in [3.05, 3.63) is 107 Å². The number of thiophene rings is 1. The van der Waals surface area contributed by atoms with Gasteiger partial charge in [0, 0.05) is 28.9 Å². The Morgan fingerprint density at radius 1 is 1.03 bits per heavy atom. The largest absolute Gasteiger partial charge is 0.366 e. The van der Waals surface area contributed by atoms with Gasteiger partial charge in [0.15, 0.2) is 0 Å². The molecular formula is C29H24N4O2S. The van der Waals surface area contributed by atoms with Crippen LogP contribution in [0.15, 0.2) is 89.9 Å². The molecule has 7 heteroatoms. The minimum atomic E-state index is -0.537. The van der Waals surface area contributed by atoms with Gasteiger partial charge in [-0.25, -0.2) is 4.98 Å². The van der Waals surface area contributed by atoms with Gasteiger partial charge >= 0.3 is 0 Å². The summed E-state index contributed by atoms with van der Waals surface area (Å²) in [5, 5.41) is 7.91. The summed E-state index contributed by atoms with van der Waals surface area (Å²) in [5.41, 5.74) is 11.9. The second kappa shape index (κ2) is 10.0. The van der Waals surface area contributed by atoms with Crippen molar-refractivity contribution in [2.24, 2.45) is 5.73 Å². The molecule has 3 heterocycles. The first-order valence-electron chi connectivity index (χ1n) is 11.5. The van der Waals surface area contributed by atoms with Gasteiger partial charge in [-0.05, 0) is 58.1 Å². The topological polar surface area (TPSA) is 101 Å². The molecule has 3 aromatic heterocycles. The first-order chi connectivity index (χ1) is 17.5. The third kappa shape index (κ3) is 4.69. The number of pyridine rings is 1. The summed E-state index contributed by atoms with van der Waals surface area (Å²) in [6, 6.07) is 21.1. The number of fused-ring (bicyclic) bond motifs is 1. The lowest BCUT2D eigenvalue weighted by Crippen LogP contribution is -2.19. The monoisotopic (exact) mass is 492 g/mol. The lowest BCUT2D eigenvalue weighted by Gasteiger charge is -2.14. The zero-order valence-corrected chi connectivity index (χ0v) is 20.4. The van der Waals surface area contributed by atoms with Crippen molar-refractivity contribution < 1.29 is 9.59 Å². The fraction of sp³-hybridized carbons (Fsp3) is 0.0690. The van der Waals surface area contributed by atoms with Gasteiger partial charge in [0.2, 0.25) is 11.8 Å². The highest BCUT2D eigenvalue weighted by Gasteiger charge is 2.19. The van der Waals surface area contributed by atoms with Crippen molar-refractivity contribution in [1.82, 2.24) is 9.97 Å². The van der Waals surface area contributed by atoms with Crippen molar-refractivity contribution in [1.29, 1.82) is 0 Å². The summed E-state index contributed by atoms with van der Waals surface area (Å²) in [6.07, 6.45) is 5.11. The molecule has 2 amide bonds. The third-order valence-corrected chi connectivity index (χ3v) is 6.85. The number of carbonyl (C=O) groups excluding carboxylic acids is 2. The van der Waals surface area contributed by atoms with E-state index in [2.05, 4.69) is 26.7 Å². The van der Waals surface area contributed by atoms with Crippen LogP contribution in [0.3, 0.4) is 0 Å². The average Bonchev–Trinajstić information content (AvgIpc) is 3.58. The second-order valence-corrected chi connectivity index (χ2v) is 9.24. The first kappa shape index (κ1) is 23.3. The molecule has 5 aromatic rings. The maximum Gasteiger partial charge on any atom is 0.249 e. The van der Waals surface area contributed by atoms with Crippen LogP contribution in [0, 0.1) is 0 Å². The van der Waals surface area contributed by atoms with E-state index in [4.69, 9.17) is 5.73 Å². The Morgan fingerprint density at radius 2 is 1.81 bits per heavy atom. The highest BCUT2D eigenvalue weighted by molar-refractivity contribution is 7.08. The van der Waals surface area contributed by atoms with E-state index in [9.17, 15) is 9.59 Å². The molecule has 178 valence electrons. The summed E-state index contributed by atoms with van der Waals surface area (Å²) >= 11 is 1.66. The molecule has 0 aliphatic rings. The van der Waals surface area contributed by atoms with E-state index in [1.807, 2.05) is 66.9 Å². The van der Waals surface area contributed by atoms with E-state index in [-0.39, 0.29) is 11.8 Å². The number of nitrogens with two attached hydrogens (primary N) is 1. The van der Waals surface area contributed by atoms with Crippen molar-refractivity contribution in [2.75, 3.05) is 5.32 Å². The fourth-order valence-electron chi connectivity index (χ4n) is 4.15. The van der Waals surface area contributed by atoms with Crippen LogP contribution in [0.5, 0.6) is 0 Å². The highest BCUT2D eigenvalue weighted by atomic mass is 32.1. The fourth-order valence-corrected chi connectivity index (χ4v) is 4.82. The minimum Gasteiger partial charge on any atom is -0.366 e. The SMILES string of the molecule is CC(C(=O)Nc1ccnc2[nH]cc(C=C(C(N)=O)c3ccccc3)c12)c1ccc(-c2ccsc2)cc1. The molecule has 6 nitrogen and oxygen atoms in total. The van der Waals surface area contributed by atoms with Crippen LogP contribution >= 0.6 is 11.3 Å². The molecule has 1 atom stereocenters. The van der Waals surface area contributed by atoms with Gasteiger partial charge < -0.3 is 16.0 Å². The third-order valence-electron chi connectivity index (χ3n) is 6.17. The Balaban J connectivity index is 1.44. The number of primary amides is 1. The van der Waals surface area contributed by atoms with Crippen molar-refractivity contribution in [3.63, 3.8) is 0 Å². The molecule has 2 aromatic carbocycles. The molecule has 4 N–H and O–H groups in total. The van der Waals surface area contributed by atoms with Crippen LogP contribution in [0.1, 0.15) is 29.5 Å². The molecule has 0 spiro atoms. The van der Waals surface area contributed by atoms with Crippen LogP contribution in [0.2, 0.25) is 0 Å². The van der Waals surface area contributed by atoms with Gasteiger partial charge in [-0.3, -0.25) is 9.59 Å². The Kier molecular flexibility index (Phi) is 6.47. The normalized spacial score (nSPS) is 12.4. The molecule has 0 aliphatic carbocycles. The number of H-pyrrole nitrogens is 1. The molecule has 0 fully saturated rings. The maximum atomic E-state index is 13.2.